The van der Waals surface area contributed by atoms with Crippen LogP contribution < -0.4 is 21.5 Å². The molecule has 94 valence electrons. The third kappa shape index (κ3) is 3.70. The van der Waals surface area contributed by atoms with E-state index < -0.39 is 5.82 Å². The van der Waals surface area contributed by atoms with E-state index in [4.69, 9.17) is 0 Å². The normalized spacial score (nSPS) is 9.67. The zero-order chi connectivity index (χ0) is 12.3. The molecule has 2 aromatic rings. The summed E-state index contributed by atoms with van der Waals surface area (Å²) in [5.74, 6) is -0.986. The molecule has 0 atom stereocenters. The number of hydrogen-bond acceptors (Lipinski definition) is 1. The van der Waals surface area contributed by atoms with Crippen molar-refractivity contribution in [1.29, 1.82) is 0 Å². The molecule has 2 nitrogen and oxygen atoms in total. The van der Waals surface area contributed by atoms with Crippen molar-refractivity contribution in [2.75, 3.05) is 0 Å². The number of ketones is 1. The Morgan fingerprint density at radius 3 is 2.33 bits per heavy atom. The number of nitrogens with zero attached hydrogens (tertiary/aromatic N) is 1. The first-order valence-electron chi connectivity index (χ1n) is 5.08. The number of rotatable bonds is 3. The first kappa shape index (κ1) is 14.4. The molecule has 0 N–H and O–H groups in total. The zero-order valence-corrected chi connectivity index (χ0v) is 10.9. The van der Waals surface area contributed by atoms with Crippen LogP contribution in [0, 0.1) is 11.6 Å². The molecular weight excluding hydrogens is 304 g/mol. The van der Waals surface area contributed by atoms with Gasteiger partial charge in [-0.15, -0.1) is 0 Å². The van der Waals surface area contributed by atoms with Crippen LogP contribution in [-0.4, -0.2) is 5.78 Å². The van der Waals surface area contributed by atoms with E-state index in [0.29, 0.717) is 5.56 Å². The molecule has 2 rings (SSSR count). The molecule has 0 amide bonds. The van der Waals surface area contributed by atoms with Gasteiger partial charge in [-0.25, -0.2) is 8.78 Å². The van der Waals surface area contributed by atoms with E-state index in [9.17, 15) is 13.6 Å². The van der Waals surface area contributed by atoms with Crippen molar-refractivity contribution >= 4 is 5.78 Å². The Balaban J connectivity index is 0.00000162. The highest BCUT2D eigenvalue weighted by atomic mass is 79.9. The van der Waals surface area contributed by atoms with Gasteiger partial charge in [0.1, 0.15) is 5.82 Å². The number of aromatic nitrogens is 1. The van der Waals surface area contributed by atoms with Gasteiger partial charge in [0, 0.05) is 11.6 Å². The second kappa shape index (κ2) is 6.35. The fraction of sp³-hybridized carbons (Fsp3) is 0.0769. The summed E-state index contributed by atoms with van der Waals surface area (Å²) in [5.41, 5.74) is 0.406. The molecule has 1 aromatic heterocycles. The van der Waals surface area contributed by atoms with Gasteiger partial charge in [0.25, 0.3) is 0 Å². The number of Topliss-reactive ketones (excluding diaryl/α,β-unsaturated/α-hetero) is 1. The van der Waals surface area contributed by atoms with Crippen LogP contribution in [0.25, 0.3) is 0 Å². The Labute approximate surface area is 114 Å². The lowest BCUT2D eigenvalue weighted by Crippen LogP contribution is -3.00. The highest BCUT2D eigenvalue weighted by Crippen LogP contribution is 2.03. The molecule has 18 heavy (non-hydrogen) atoms. The lowest BCUT2D eigenvalue weighted by molar-refractivity contribution is -0.684. The van der Waals surface area contributed by atoms with Crippen molar-refractivity contribution in [3.63, 3.8) is 0 Å². The number of benzene rings is 1. The topological polar surface area (TPSA) is 20.9 Å². The second-order valence-electron chi connectivity index (χ2n) is 3.62. The highest BCUT2D eigenvalue weighted by molar-refractivity contribution is 5.94. The van der Waals surface area contributed by atoms with Gasteiger partial charge in [-0.05, 0) is 30.3 Å². The van der Waals surface area contributed by atoms with Gasteiger partial charge in [0.2, 0.25) is 18.5 Å². The molecule has 5 heteroatoms. The molecule has 1 heterocycles. The van der Waals surface area contributed by atoms with Crippen LogP contribution in [0.2, 0.25) is 0 Å². The molecule has 0 aliphatic carbocycles. The van der Waals surface area contributed by atoms with Crippen LogP contribution in [0.15, 0.2) is 48.8 Å². The number of hydrogen-bond donors (Lipinski definition) is 0. The molecule has 0 radical (unpaired) electrons. The Bertz CT molecular complexity index is 543. The molecule has 0 aliphatic rings. The van der Waals surface area contributed by atoms with Crippen LogP contribution in [0.4, 0.5) is 8.78 Å². The summed E-state index contributed by atoms with van der Waals surface area (Å²) in [6.07, 6.45) is 2.84. The number of halogens is 3. The summed E-state index contributed by atoms with van der Waals surface area (Å²) < 4.78 is 27.0. The Kier molecular flexibility index (Phi) is 5.09. The van der Waals surface area contributed by atoms with Gasteiger partial charge in [0.15, 0.2) is 12.0 Å². The van der Waals surface area contributed by atoms with Crippen molar-refractivity contribution < 1.29 is 35.1 Å². The van der Waals surface area contributed by atoms with Crippen molar-refractivity contribution in [2.24, 2.45) is 0 Å². The number of carbonyl (C=O) groups is 1. The lowest BCUT2D eigenvalue weighted by Gasteiger charge is -1.98. The summed E-state index contributed by atoms with van der Waals surface area (Å²) in [7, 11) is 0. The summed E-state index contributed by atoms with van der Waals surface area (Å²) in [6.45, 7) is 0.0311. The van der Waals surface area contributed by atoms with E-state index in [0.717, 1.165) is 0 Å². The van der Waals surface area contributed by atoms with Crippen LogP contribution >= 0.6 is 0 Å². The van der Waals surface area contributed by atoms with Gasteiger partial charge in [-0.1, -0.05) is 0 Å². The molecule has 0 unspecified atom stereocenters. The van der Waals surface area contributed by atoms with Gasteiger partial charge < -0.3 is 17.0 Å². The molecule has 0 aliphatic heterocycles. The average molecular weight is 314 g/mol. The minimum Gasteiger partial charge on any atom is -1.00 e. The maximum absolute atomic E-state index is 12.9. The van der Waals surface area contributed by atoms with Crippen molar-refractivity contribution in [3.8, 4) is 0 Å². The lowest BCUT2D eigenvalue weighted by atomic mass is 10.1. The monoisotopic (exact) mass is 313 g/mol. The summed E-state index contributed by atoms with van der Waals surface area (Å²) in [6, 6.07) is 8.11. The second-order valence-corrected chi connectivity index (χ2v) is 3.62. The quantitative estimate of drug-likeness (QED) is 0.534. The average Bonchev–Trinajstić information content (AvgIpc) is 2.29. The predicted molar refractivity (Wildman–Crippen MR) is 57.3 cm³/mol. The van der Waals surface area contributed by atoms with Crippen LogP contribution in [0.5, 0.6) is 0 Å². The fourth-order valence-electron chi connectivity index (χ4n) is 1.48. The van der Waals surface area contributed by atoms with Crippen molar-refractivity contribution in [3.05, 3.63) is 66.0 Å². The standard InChI is InChI=1S/C13H10F2NO.BrH/c14-11-5-3-10(4-6-11)13(17)9-16-7-1-2-12(15)8-16;/h1-8H,9H2;1H/q+1;/p-1. The smallest absolute Gasteiger partial charge is 0.227 e. The molecule has 1 aromatic carbocycles. The van der Waals surface area contributed by atoms with Gasteiger partial charge in [-0.2, -0.15) is 4.57 Å². The minimum absolute atomic E-state index is 0. The highest BCUT2D eigenvalue weighted by Gasteiger charge is 2.12. The molecule has 0 fully saturated rings. The van der Waals surface area contributed by atoms with Crippen LogP contribution in [-0.2, 0) is 6.54 Å². The molecule has 0 spiro atoms. The zero-order valence-electron chi connectivity index (χ0n) is 9.32. The largest absolute Gasteiger partial charge is 1.00 e. The molecule has 0 saturated heterocycles. The fourth-order valence-corrected chi connectivity index (χ4v) is 1.48. The van der Waals surface area contributed by atoms with E-state index >= 15 is 0 Å². The number of carbonyl (C=O) groups excluding carboxylic acids is 1. The van der Waals surface area contributed by atoms with E-state index in [1.54, 1.807) is 6.20 Å². The predicted octanol–water partition coefficient (Wildman–Crippen LogP) is -0.861. The minimum atomic E-state index is -0.403. The Hall–Kier alpha value is -1.62. The molecular formula is C13H10BrF2NO. The Morgan fingerprint density at radius 1 is 1.06 bits per heavy atom. The first-order valence-corrected chi connectivity index (χ1v) is 5.08. The third-order valence-corrected chi connectivity index (χ3v) is 2.31. The van der Waals surface area contributed by atoms with E-state index in [2.05, 4.69) is 0 Å². The summed E-state index contributed by atoms with van der Waals surface area (Å²) in [5, 5.41) is 0. The first-order chi connectivity index (χ1) is 8.15. The molecule has 0 bridgehead atoms. The van der Waals surface area contributed by atoms with Gasteiger partial charge in [0.05, 0.1) is 0 Å². The summed E-state index contributed by atoms with van der Waals surface area (Å²) >= 11 is 0. The maximum Gasteiger partial charge on any atom is 0.227 e. The third-order valence-electron chi connectivity index (χ3n) is 2.31. The van der Waals surface area contributed by atoms with E-state index in [1.165, 1.54) is 47.2 Å². The van der Waals surface area contributed by atoms with E-state index in [-0.39, 0.29) is 35.1 Å². The molecule has 0 saturated carbocycles. The van der Waals surface area contributed by atoms with E-state index in [1.807, 2.05) is 0 Å². The summed E-state index contributed by atoms with van der Waals surface area (Å²) in [4.78, 5) is 11.8. The number of pyridine rings is 1. The van der Waals surface area contributed by atoms with Crippen molar-refractivity contribution in [1.82, 2.24) is 0 Å². The Morgan fingerprint density at radius 2 is 1.72 bits per heavy atom. The van der Waals surface area contributed by atoms with Gasteiger partial charge >= 0.3 is 0 Å². The van der Waals surface area contributed by atoms with Crippen LogP contribution in [0.3, 0.4) is 0 Å². The van der Waals surface area contributed by atoms with Gasteiger partial charge in [-0.3, -0.25) is 4.79 Å². The SMILES string of the molecule is O=C(C[n+]1cccc(F)c1)c1ccc(F)cc1.[Br-]. The maximum atomic E-state index is 12.9. The van der Waals surface area contributed by atoms with Crippen molar-refractivity contribution in [2.45, 2.75) is 6.54 Å². The van der Waals surface area contributed by atoms with Crippen LogP contribution in [0.1, 0.15) is 10.4 Å².